The van der Waals surface area contributed by atoms with E-state index in [2.05, 4.69) is 4.98 Å². The molecule has 3 rings (SSSR count). The topological polar surface area (TPSA) is 70.4 Å². The van der Waals surface area contributed by atoms with E-state index in [-0.39, 0.29) is 11.3 Å². The quantitative estimate of drug-likeness (QED) is 0.751. The zero-order chi connectivity index (χ0) is 15.0. The SMILES string of the molecule is Cc1ccc2ncccc2c1-c1ccc(O)c(C(=O)O)c1. The standard InChI is InChI=1S/C17H13NO3/c1-10-4-6-14-12(3-2-8-18-14)16(10)11-5-7-15(19)13(9-11)17(20)21/h2-9,19H,1H3,(H,20,21). The van der Waals surface area contributed by atoms with Crippen molar-refractivity contribution < 1.29 is 15.0 Å². The van der Waals surface area contributed by atoms with Crippen LogP contribution in [0.5, 0.6) is 5.75 Å². The number of aryl methyl sites for hydroxylation is 1. The highest BCUT2D eigenvalue weighted by molar-refractivity contribution is 5.99. The van der Waals surface area contributed by atoms with Crippen LogP contribution >= 0.6 is 0 Å². The van der Waals surface area contributed by atoms with Gasteiger partial charge in [0.05, 0.1) is 5.52 Å². The van der Waals surface area contributed by atoms with Crippen LogP contribution in [0.25, 0.3) is 22.0 Å². The number of fused-ring (bicyclic) bond motifs is 1. The van der Waals surface area contributed by atoms with Gasteiger partial charge in [-0.1, -0.05) is 18.2 Å². The summed E-state index contributed by atoms with van der Waals surface area (Å²) in [6.45, 7) is 1.97. The first-order valence-electron chi connectivity index (χ1n) is 6.49. The van der Waals surface area contributed by atoms with E-state index in [1.165, 1.54) is 12.1 Å². The molecule has 0 fully saturated rings. The van der Waals surface area contributed by atoms with E-state index in [1.807, 2.05) is 31.2 Å². The van der Waals surface area contributed by atoms with Crippen molar-refractivity contribution in [3.63, 3.8) is 0 Å². The molecule has 0 aliphatic rings. The van der Waals surface area contributed by atoms with Gasteiger partial charge in [-0.05, 0) is 47.9 Å². The molecule has 2 N–H and O–H groups in total. The first-order chi connectivity index (χ1) is 10.1. The molecule has 0 bridgehead atoms. The highest BCUT2D eigenvalue weighted by atomic mass is 16.4. The van der Waals surface area contributed by atoms with Gasteiger partial charge in [-0.15, -0.1) is 0 Å². The number of phenols is 1. The van der Waals surface area contributed by atoms with Gasteiger partial charge in [-0.2, -0.15) is 0 Å². The lowest BCUT2D eigenvalue weighted by Gasteiger charge is -2.11. The molecule has 0 unspecified atom stereocenters. The van der Waals surface area contributed by atoms with Crippen LogP contribution in [0.15, 0.2) is 48.7 Å². The van der Waals surface area contributed by atoms with E-state index in [1.54, 1.807) is 12.3 Å². The van der Waals surface area contributed by atoms with Crippen LogP contribution in [-0.2, 0) is 0 Å². The third kappa shape index (κ3) is 2.21. The summed E-state index contributed by atoms with van der Waals surface area (Å²) in [5, 5.41) is 19.7. The van der Waals surface area contributed by atoms with Crippen molar-refractivity contribution >= 4 is 16.9 Å². The summed E-state index contributed by atoms with van der Waals surface area (Å²) in [4.78, 5) is 15.5. The average molecular weight is 279 g/mol. The number of aromatic hydroxyl groups is 1. The minimum Gasteiger partial charge on any atom is -0.507 e. The summed E-state index contributed by atoms with van der Waals surface area (Å²) in [6, 6.07) is 12.3. The maximum Gasteiger partial charge on any atom is 0.339 e. The molecule has 0 aliphatic carbocycles. The number of nitrogens with zero attached hydrogens (tertiary/aromatic N) is 1. The lowest BCUT2D eigenvalue weighted by Crippen LogP contribution is -1.97. The van der Waals surface area contributed by atoms with Gasteiger partial charge < -0.3 is 10.2 Å². The van der Waals surface area contributed by atoms with E-state index in [9.17, 15) is 9.90 Å². The summed E-state index contributed by atoms with van der Waals surface area (Å²) >= 11 is 0. The van der Waals surface area contributed by atoms with Gasteiger partial charge in [-0.25, -0.2) is 4.79 Å². The number of rotatable bonds is 2. The number of hydrogen-bond donors (Lipinski definition) is 2. The zero-order valence-corrected chi connectivity index (χ0v) is 11.4. The van der Waals surface area contributed by atoms with Crippen molar-refractivity contribution in [3.8, 4) is 16.9 Å². The summed E-state index contributed by atoms with van der Waals surface area (Å²) in [7, 11) is 0. The van der Waals surface area contributed by atoms with Crippen molar-refractivity contribution in [2.24, 2.45) is 0 Å². The third-order valence-electron chi connectivity index (χ3n) is 3.51. The van der Waals surface area contributed by atoms with Crippen LogP contribution < -0.4 is 0 Å². The molecular weight excluding hydrogens is 266 g/mol. The second kappa shape index (κ2) is 4.90. The molecule has 0 atom stereocenters. The van der Waals surface area contributed by atoms with Gasteiger partial charge in [-0.3, -0.25) is 4.98 Å². The molecule has 0 radical (unpaired) electrons. The van der Waals surface area contributed by atoms with E-state index in [0.29, 0.717) is 0 Å². The van der Waals surface area contributed by atoms with Crippen molar-refractivity contribution in [2.45, 2.75) is 6.92 Å². The van der Waals surface area contributed by atoms with Crippen LogP contribution in [0.2, 0.25) is 0 Å². The molecule has 1 heterocycles. The molecule has 1 aromatic heterocycles. The van der Waals surface area contributed by atoms with Crippen molar-refractivity contribution in [1.82, 2.24) is 4.98 Å². The Hall–Kier alpha value is -2.88. The second-order valence-electron chi connectivity index (χ2n) is 4.86. The summed E-state index contributed by atoms with van der Waals surface area (Å²) in [5.74, 6) is -1.38. The average Bonchev–Trinajstić information content (AvgIpc) is 2.48. The fourth-order valence-corrected chi connectivity index (χ4v) is 2.51. The van der Waals surface area contributed by atoms with E-state index >= 15 is 0 Å². The molecule has 0 saturated carbocycles. The summed E-state index contributed by atoms with van der Waals surface area (Å²) in [6.07, 6.45) is 1.72. The van der Waals surface area contributed by atoms with Crippen LogP contribution in [0, 0.1) is 6.92 Å². The van der Waals surface area contributed by atoms with Gasteiger partial charge in [0.15, 0.2) is 0 Å². The number of carbonyl (C=O) groups is 1. The molecule has 0 spiro atoms. The predicted octanol–water partition coefficient (Wildman–Crippen LogP) is 3.61. The lowest BCUT2D eigenvalue weighted by atomic mass is 9.94. The van der Waals surface area contributed by atoms with E-state index in [4.69, 9.17) is 5.11 Å². The van der Waals surface area contributed by atoms with Gasteiger partial charge >= 0.3 is 5.97 Å². The molecule has 4 nitrogen and oxygen atoms in total. The Morgan fingerprint density at radius 1 is 1.14 bits per heavy atom. The van der Waals surface area contributed by atoms with Gasteiger partial charge in [0.25, 0.3) is 0 Å². The zero-order valence-electron chi connectivity index (χ0n) is 11.4. The van der Waals surface area contributed by atoms with Crippen molar-refractivity contribution in [1.29, 1.82) is 0 Å². The normalized spacial score (nSPS) is 10.7. The minimum absolute atomic E-state index is 0.104. The molecule has 0 saturated heterocycles. The fourth-order valence-electron chi connectivity index (χ4n) is 2.51. The van der Waals surface area contributed by atoms with Crippen molar-refractivity contribution in [2.75, 3.05) is 0 Å². The Morgan fingerprint density at radius 3 is 2.71 bits per heavy atom. The summed E-state index contributed by atoms with van der Waals surface area (Å²) in [5.41, 5.74) is 3.46. The van der Waals surface area contributed by atoms with Gasteiger partial charge in [0, 0.05) is 11.6 Å². The molecule has 104 valence electrons. The number of benzene rings is 2. The predicted molar refractivity (Wildman–Crippen MR) is 80.5 cm³/mol. The molecule has 3 aromatic rings. The number of carboxylic acid groups (broad SMARTS) is 1. The van der Waals surface area contributed by atoms with Crippen molar-refractivity contribution in [3.05, 3.63) is 59.8 Å². The molecule has 0 amide bonds. The van der Waals surface area contributed by atoms with Crippen LogP contribution in [0.1, 0.15) is 15.9 Å². The Bertz CT molecular complexity index is 856. The largest absolute Gasteiger partial charge is 0.507 e. The Labute approximate surface area is 121 Å². The highest BCUT2D eigenvalue weighted by Crippen LogP contribution is 2.33. The summed E-state index contributed by atoms with van der Waals surface area (Å²) < 4.78 is 0. The Kier molecular flexibility index (Phi) is 3.06. The Balaban J connectivity index is 2.33. The minimum atomic E-state index is -1.15. The van der Waals surface area contributed by atoms with Crippen LogP contribution in [0.3, 0.4) is 0 Å². The van der Waals surface area contributed by atoms with E-state index < -0.39 is 5.97 Å². The number of hydrogen-bond acceptors (Lipinski definition) is 3. The van der Waals surface area contributed by atoms with Gasteiger partial charge in [0.2, 0.25) is 0 Å². The monoisotopic (exact) mass is 279 g/mol. The first-order valence-corrected chi connectivity index (χ1v) is 6.49. The molecule has 2 aromatic carbocycles. The number of aromatic carboxylic acids is 1. The highest BCUT2D eigenvalue weighted by Gasteiger charge is 2.14. The van der Waals surface area contributed by atoms with E-state index in [0.717, 1.165) is 27.6 Å². The Morgan fingerprint density at radius 2 is 1.95 bits per heavy atom. The molecule has 0 aliphatic heterocycles. The maximum atomic E-state index is 11.2. The second-order valence-corrected chi connectivity index (χ2v) is 4.86. The smallest absolute Gasteiger partial charge is 0.339 e. The molecular formula is C17H13NO3. The fraction of sp³-hybridized carbons (Fsp3) is 0.0588. The maximum absolute atomic E-state index is 11.2. The van der Waals surface area contributed by atoms with Crippen LogP contribution in [-0.4, -0.2) is 21.2 Å². The number of aromatic nitrogens is 1. The molecule has 4 heteroatoms. The lowest BCUT2D eigenvalue weighted by molar-refractivity contribution is 0.0694. The number of carboxylic acids is 1. The number of pyridine rings is 1. The van der Waals surface area contributed by atoms with Gasteiger partial charge in [0.1, 0.15) is 11.3 Å². The molecule has 21 heavy (non-hydrogen) atoms. The first kappa shape index (κ1) is 13.1. The van der Waals surface area contributed by atoms with Crippen LogP contribution in [0.4, 0.5) is 0 Å². The third-order valence-corrected chi connectivity index (χ3v) is 3.51.